The van der Waals surface area contributed by atoms with E-state index in [1.165, 1.54) is 6.20 Å². The summed E-state index contributed by atoms with van der Waals surface area (Å²) in [6.45, 7) is 1.95. The SMILES string of the molecule is CCOC(=O)c1cnc2c(c1O)CC(O)CC2. The fourth-order valence-corrected chi connectivity index (χ4v) is 2.01. The van der Waals surface area contributed by atoms with Crippen LogP contribution in [0.4, 0.5) is 0 Å². The number of esters is 1. The van der Waals surface area contributed by atoms with Crippen molar-refractivity contribution in [3.05, 3.63) is 23.0 Å². The summed E-state index contributed by atoms with van der Waals surface area (Å²) < 4.78 is 4.83. The molecule has 17 heavy (non-hydrogen) atoms. The molecule has 0 aromatic carbocycles. The summed E-state index contributed by atoms with van der Waals surface area (Å²) in [4.78, 5) is 15.7. The zero-order chi connectivity index (χ0) is 12.4. The van der Waals surface area contributed by atoms with Crippen LogP contribution in [0.15, 0.2) is 6.20 Å². The van der Waals surface area contributed by atoms with Crippen molar-refractivity contribution in [2.45, 2.75) is 32.3 Å². The molecule has 0 saturated heterocycles. The lowest BCUT2D eigenvalue weighted by Gasteiger charge is -2.21. The molecule has 1 heterocycles. The number of nitrogens with zero attached hydrogens (tertiary/aromatic N) is 1. The minimum Gasteiger partial charge on any atom is -0.507 e. The van der Waals surface area contributed by atoms with Gasteiger partial charge in [0, 0.05) is 23.9 Å². The van der Waals surface area contributed by atoms with Gasteiger partial charge in [-0.05, 0) is 19.8 Å². The highest BCUT2D eigenvalue weighted by Crippen LogP contribution is 2.30. The Morgan fingerprint density at radius 2 is 2.41 bits per heavy atom. The Hall–Kier alpha value is -1.62. The number of aliphatic hydroxyl groups is 1. The second-order valence-corrected chi connectivity index (χ2v) is 4.06. The average molecular weight is 237 g/mol. The molecule has 2 rings (SSSR count). The van der Waals surface area contributed by atoms with E-state index in [1.807, 2.05) is 0 Å². The lowest BCUT2D eigenvalue weighted by atomic mass is 9.92. The molecule has 5 heteroatoms. The van der Waals surface area contributed by atoms with E-state index < -0.39 is 12.1 Å². The average Bonchev–Trinajstić information content (AvgIpc) is 2.30. The zero-order valence-corrected chi connectivity index (χ0v) is 9.64. The Labute approximate surface area is 99.1 Å². The van der Waals surface area contributed by atoms with E-state index in [9.17, 15) is 15.0 Å². The molecule has 1 aliphatic rings. The van der Waals surface area contributed by atoms with Gasteiger partial charge in [-0.3, -0.25) is 4.98 Å². The van der Waals surface area contributed by atoms with E-state index >= 15 is 0 Å². The van der Waals surface area contributed by atoms with E-state index in [-0.39, 0.29) is 17.9 Å². The molecule has 1 aromatic rings. The Bertz CT molecular complexity index is 444. The maximum absolute atomic E-state index is 11.5. The number of aryl methyl sites for hydroxylation is 1. The molecule has 0 amide bonds. The summed E-state index contributed by atoms with van der Waals surface area (Å²) in [5.74, 6) is -0.687. The lowest BCUT2D eigenvalue weighted by Crippen LogP contribution is -2.21. The van der Waals surface area contributed by atoms with Crippen LogP contribution in [0.1, 0.15) is 35.0 Å². The van der Waals surface area contributed by atoms with Crippen molar-refractivity contribution in [3.8, 4) is 5.75 Å². The Balaban J connectivity index is 2.38. The third-order valence-electron chi connectivity index (χ3n) is 2.89. The monoisotopic (exact) mass is 237 g/mol. The summed E-state index contributed by atoms with van der Waals surface area (Å²) in [7, 11) is 0. The molecule has 1 aromatic heterocycles. The summed E-state index contributed by atoms with van der Waals surface area (Å²) >= 11 is 0. The van der Waals surface area contributed by atoms with Crippen LogP contribution in [-0.2, 0) is 17.6 Å². The van der Waals surface area contributed by atoms with Gasteiger partial charge in [0.25, 0.3) is 0 Å². The first-order valence-corrected chi connectivity index (χ1v) is 5.68. The topological polar surface area (TPSA) is 79.7 Å². The minimum absolute atomic E-state index is 0.0692. The third kappa shape index (κ3) is 2.24. The predicted molar refractivity (Wildman–Crippen MR) is 59.9 cm³/mol. The van der Waals surface area contributed by atoms with Gasteiger partial charge in [-0.15, -0.1) is 0 Å². The smallest absolute Gasteiger partial charge is 0.343 e. The highest BCUT2D eigenvalue weighted by molar-refractivity contribution is 5.92. The van der Waals surface area contributed by atoms with Crippen LogP contribution in [0.25, 0.3) is 0 Å². The van der Waals surface area contributed by atoms with Crippen molar-refractivity contribution < 1.29 is 19.7 Å². The first-order valence-electron chi connectivity index (χ1n) is 5.68. The molecule has 0 spiro atoms. The number of carbonyl (C=O) groups excluding carboxylic acids is 1. The summed E-state index contributed by atoms with van der Waals surface area (Å²) in [6.07, 6.45) is 2.45. The van der Waals surface area contributed by atoms with E-state index in [2.05, 4.69) is 4.98 Å². The minimum atomic E-state index is -0.583. The molecule has 1 aliphatic carbocycles. The molecule has 0 saturated carbocycles. The van der Waals surface area contributed by atoms with Crippen LogP contribution in [0.3, 0.4) is 0 Å². The normalized spacial score (nSPS) is 18.6. The van der Waals surface area contributed by atoms with Gasteiger partial charge in [0.15, 0.2) is 0 Å². The Morgan fingerprint density at radius 3 is 3.12 bits per heavy atom. The highest BCUT2D eigenvalue weighted by Gasteiger charge is 2.25. The number of aromatic hydroxyl groups is 1. The maximum atomic E-state index is 11.5. The molecule has 0 fully saturated rings. The lowest BCUT2D eigenvalue weighted by molar-refractivity contribution is 0.0521. The van der Waals surface area contributed by atoms with Crippen molar-refractivity contribution in [1.82, 2.24) is 4.98 Å². The van der Waals surface area contributed by atoms with Crippen molar-refractivity contribution >= 4 is 5.97 Å². The summed E-state index contributed by atoms with van der Waals surface area (Å²) in [5, 5.41) is 19.6. The molecule has 1 atom stereocenters. The first kappa shape index (κ1) is 11.9. The number of aliphatic hydroxyl groups excluding tert-OH is 1. The van der Waals surface area contributed by atoms with Crippen LogP contribution in [-0.4, -0.2) is 33.9 Å². The van der Waals surface area contributed by atoms with Crippen molar-refractivity contribution in [3.63, 3.8) is 0 Å². The van der Waals surface area contributed by atoms with Crippen LogP contribution in [0, 0.1) is 0 Å². The van der Waals surface area contributed by atoms with Gasteiger partial charge in [-0.1, -0.05) is 0 Å². The number of ether oxygens (including phenoxy) is 1. The van der Waals surface area contributed by atoms with Crippen molar-refractivity contribution in [2.75, 3.05) is 6.61 Å². The van der Waals surface area contributed by atoms with Crippen LogP contribution < -0.4 is 0 Å². The van der Waals surface area contributed by atoms with Crippen molar-refractivity contribution in [1.29, 1.82) is 0 Å². The molecule has 92 valence electrons. The first-order chi connectivity index (χ1) is 8.13. The second kappa shape index (κ2) is 4.71. The van der Waals surface area contributed by atoms with E-state index in [0.717, 1.165) is 5.69 Å². The van der Waals surface area contributed by atoms with E-state index in [0.29, 0.717) is 24.8 Å². The quantitative estimate of drug-likeness (QED) is 0.744. The summed E-state index contributed by atoms with van der Waals surface area (Å²) in [6, 6.07) is 0. The highest BCUT2D eigenvalue weighted by atomic mass is 16.5. The fraction of sp³-hybridized carbons (Fsp3) is 0.500. The Kier molecular flexibility index (Phi) is 3.28. The number of rotatable bonds is 2. The zero-order valence-electron chi connectivity index (χ0n) is 9.64. The third-order valence-corrected chi connectivity index (χ3v) is 2.89. The number of aromatic nitrogens is 1. The standard InChI is InChI=1S/C12H15NO4/c1-2-17-12(16)9-6-13-10-4-3-7(14)5-8(10)11(9)15/h6-7,14H,2-5H2,1H3,(H,13,15). The molecular weight excluding hydrogens is 222 g/mol. The number of fused-ring (bicyclic) bond motifs is 1. The van der Waals surface area contributed by atoms with Gasteiger partial charge in [0.2, 0.25) is 0 Å². The fourth-order valence-electron chi connectivity index (χ4n) is 2.01. The van der Waals surface area contributed by atoms with Crippen LogP contribution >= 0.6 is 0 Å². The van der Waals surface area contributed by atoms with Gasteiger partial charge < -0.3 is 14.9 Å². The largest absolute Gasteiger partial charge is 0.507 e. The van der Waals surface area contributed by atoms with Gasteiger partial charge in [0.05, 0.1) is 12.7 Å². The molecule has 2 N–H and O–H groups in total. The number of pyridine rings is 1. The maximum Gasteiger partial charge on any atom is 0.343 e. The molecule has 1 unspecified atom stereocenters. The number of hydrogen-bond acceptors (Lipinski definition) is 5. The van der Waals surface area contributed by atoms with E-state index in [1.54, 1.807) is 6.92 Å². The van der Waals surface area contributed by atoms with Gasteiger partial charge >= 0.3 is 5.97 Å². The predicted octanol–water partition coefficient (Wildman–Crippen LogP) is 0.813. The molecule has 0 radical (unpaired) electrons. The van der Waals surface area contributed by atoms with Crippen molar-refractivity contribution in [2.24, 2.45) is 0 Å². The van der Waals surface area contributed by atoms with Gasteiger partial charge in [0.1, 0.15) is 11.3 Å². The van der Waals surface area contributed by atoms with Crippen LogP contribution in [0.2, 0.25) is 0 Å². The number of hydrogen-bond donors (Lipinski definition) is 2. The van der Waals surface area contributed by atoms with Gasteiger partial charge in [-0.25, -0.2) is 4.79 Å². The molecule has 0 bridgehead atoms. The second-order valence-electron chi connectivity index (χ2n) is 4.06. The Morgan fingerprint density at radius 1 is 1.65 bits per heavy atom. The van der Waals surface area contributed by atoms with Gasteiger partial charge in [-0.2, -0.15) is 0 Å². The van der Waals surface area contributed by atoms with E-state index in [4.69, 9.17) is 4.74 Å². The molecule has 0 aliphatic heterocycles. The number of carbonyl (C=O) groups is 1. The molecule has 5 nitrogen and oxygen atoms in total. The molecular formula is C12H15NO4. The van der Waals surface area contributed by atoms with Crippen LogP contribution in [0.5, 0.6) is 5.75 Å². The summed E-state index contributed by atoms with van der Waals surface area (Å²) in [5.41, 5.74) is 1.38.